The van der Waals surface area contributed by atoms with Gasteiger partial charge in [0.25, 0.3) is 0 Å². The largest absolute Gasteiger partial charge is 0.493 e. The minimum absolute atomic E-state index is 0.0334. The van der Waals surface area contributed by atoms with Gasteiger partial charge in [-0.1, -0.05) is 0 Å². The molecule has 0 spiro atoms. The van der Waals surface area contributed by atoms with Crippen LogP contribution in [0.25, 0.3) is 0 Å². The van der Waals surface area contributed by atoms with Crippen LogP contribution in [0.2, 0.25) is 0 Å². The van der Waals surface area contributed by atoms with Gasteiger partial charge in [-0.2, -0.15) is 0 Å². The zero-order valence-electron chi connectivity index (χ0n) is 17.9. The Kier molecular flexibility index (Phi) is 6.82. The van der Waals surface area contributed by atoms with Crippen LogP contribution >= 0.6 is 0 Å². The highest BCUT2D eigenvalue weighted by Crippen LogP contribution is 2.35. The molecule has 0 aromatic heterocycles. The summed E-state index contributed by atoms with van der Waals surface area (Å²) in [4.78, 5) is 28.1. The standard InChI is InChI=1S/C23H28N2O5/c1-16(26)17-7-10-20(22(14-17)28-4)29-12-5-6-23(27)25-11-13-30-21-15-18(24(2)3)8-9-19(21)25/h7-10,14-15H,5-6,11-13H2,1-4H3. The summed E-state index contributed by atoms with van der Waals surface area (Å²) in [5.74, 6) is 1.80. The van der Waals surface area contributed by atoms with Crippen LogP contribution in [-0.4, -0.2) is 52.7 Å². The van der Waals surface area contributed by atoms with Gasteiger partial charge in [-0.05, 0) is 43.7 Å². The normalized spacial score (nSPS) is 12.6. The number of rotatable bonds is 8. The van der Waals surface area contributed by atoms with Crippen LogP contribution in [0.3, 0.4) is 0 Å². The molecule has 0 bridgehead atoms. The number of carbonyl (C=O) groups excluding carboxylic acids is 2. The molecule has 0 radical (unpaired) electrons. The number of amides is 1. The number of fused-ring (bicyclic) bond motifs is 1. The molecule has 1 heterocycles. The van der Waals surface area contributed by atoms with E-state index >= 15 is 0 Å². The zero-order valence-corrected chi connectivity index (χ0v) is 17.9. The molecule has 30 heavy (non-hydrogen) atoms. The van der Waals surface area contributed by atoms with E-state index in [0.717, 1.165) is 17.1 Å². The van der Waals surface area contributed by atoms with Gasteiger partial charge < -0.3 is 24.0 Å². The summed E-state index contributed by atoms with van der Waals surface area (Å²) < 4.78 is 16.8. The maximum absolute atomic E-state index is 12.8. The first kappa shape index (κ1) is 21.5. The Morgan fingerprint density at radius 3 is 2.63 bits per heavy atom. The van der Waals surface area contributed by atoms with E-state index in [4.69, 9.17) is 14.2 Å². The molecule has 2 aromatic carbocycles. The molecule has 7 heteroatoms. The molecule has 3 rings (SSSR count). The van der Waals surface area contributed by atoms with Crippen molar-refractivity contribution in [2.75, 3.05) is 50.8 Å². The number of carbonyl (C=O) groups is 2. The molecule has 2 aromatic rings. The monoisotopic (exact) mass is 412 g/mol. The summed E-state index contributed by atoms with van der Waals surface area (Å²) >= 11 is 0. The first-order valence-corrected chi connectivity index (χ1v) is 9.97. The predicted octanol–water partition coefficient (Wildman–Crippen LogP) is 3.55. The molecule has 0 N–H and O–H groups in total. The Bertz CT molecular complexity index is 926. The fourth-order valence-corrected chi connectivity index (χ4v) is 3.29. The van der Waals surface area contributed by atoms with Gasteiger partial charge >= 0.3 is 0 Å². The van der Waals surface area contributed by atoms with Gasteiger partial charge in [-0.25, -0.2) is 0 Å². The van der Waals surface area contributed by atoms with Gasteiger partial charge in [-0.15, -0.1) is 0 Å². The van der Waals surface area contributed by atoms with Crippen molar-refractivity contribution in [1.29, 1.82) is 0 Å². The molecule has 0 saturated heterocycles. The van der Waals surface area contributed by atoms with Crippen molar-refractivity contribution < 1.29 is 23.8 Å². The van der Waals surface area contributed by atoms with Gasteiger partial charge in [0.2, 0.25) is 5.91 Å². The average Bonchev–Trinajstić information content (AvgIpc) is 2.75. The van der Waals surface area contributed by atoms with Gasteiger partial charge in [0.1, 0.15) is 12.4 Å². The van der Waals surface area contributed by atoms with Gasteiger partial charge in [0.15, 0.2) is 17.3 Å². The van der Waals surface area contributed by atoms with Gasteiger partial charge in [0, 0.05) is 37.8 Å². The molecule has 0 atom stereocenters. The highest BCUT2D eigenvalue weighted by molar-refractivity contribution is 5.96. The van der Waals surface area contributed by atoms with Crippen molar-refractivity contribution in [3.05, 3.63) is 42.0 Å². The average molecular weight is 412 g/mol. The third-order valence-corrected chi connectivity index (χ3v) is 4.99. The second kappa shape index (κ2) is 9.52. The smallest absolute Gasteiger partial charge is 0.227 e. The topological polar surface area (TPSA) is 68.3 Å². The van der Waals surface area contributed by atoms with E-state index in [-0.39, 0.29) is 11.7 Å². The van der Waals surface area contributed by atoms with Gasteiger partial charge in [-0.3, -0.25) is 9.59 Å². The lowest BCUT2D eigenvalue weighted by molar-refractivity contribution is -0.119. The highest BCUT2D eigenvalue weighted by atomic mass is 16.5. The van der Waals surface area contributed by atoms with Crippen molar-refractivity contribution in [1.82, 2.24) is 0 Å². The van der Waals surface area contributed by atoms with E-state index in [1.807, 2.05) is 37.2 Å². The van der Waals surface area contributed by atoms with Crippen LogP contribution in [0.15, 0.2) is 36.4 Å². The summed E-state index contributed by atoms with van der Waals surface area (Å²) in [7, 11) is 5.47. The summed E-state index contributed by atoms with van der Waals surface area (Å²) in [5, 5.41) is 0. The minimum atomic E-state index is -0.0334. The van der Waals surface area contributed by atoms with E-state index in [1.165, 1.54) is 14.0 Å². The van der Waals surface area contributed by atoms with Crippen LogP contribution in [0.5, 0.6) is 17.2 Å². The van der Waals surface area contributed by atoms with E-state index in [9.17, 15) is 9.59 Å². The molecule has 0 aliphatic carbocycles. The van der Waals surface area contributed by atoms with E-state index in [2.05, 4.69) is 0 Å². The maximum Gasteiger partial charge on any atom is 0.227 e. The summed E-state index contributed by atoms with van der Waals surface area (Å²) in [5.41, 5.74) is 2.40. The third kappa shape index (κ3) is 4.84. The number of methoxy groups -OCH3 is 1. The number of ether oxygens (including phenoxy) is 3. The number of anilines is 2. The van der Waals surface area contributed by atoms with Crippen molar-refractivity contribution in [3.63, 3.8) is 0 Å². The Hall–Kier alpha value is -3.22. The lowest BCUT2D eigenvalue weighted by Gasteiger charge is -2.30. The molecule has 160 valence electrons. The second-order valence-corrected chi connectivity index (χ2v) is 7.31. The Labute approximate surface area is 177 Å². The molecule has 0 fully saturated rings. The Balaban J connectivity index is 1.57. The molecule has 1 aliphatic rings. The minimum Gasteiger partial charge on any atom is -0.493 e. The van der Waals surface area contributed by atoms with E-state index < -0.39 is 0 Å². The Morgan fingerprint density at radius 1 is 1.13 bits per heavy atom. The quantitative estimate of drug-likeness (QED) is 0.488. The SMILES string of the molecule is COc1cc(C(C)=O)ccc1OCCCC(=O)N1CCOc2cc(N(C)C)ccc21. The third-order valence-electron chi connectivity index (χ3n) is 4.99. The highest BCUT2D eigenvalue weighted by Gasteiger charge is 2.24. The van der Waals surface area contributed by atoms with Crippen LogP contribution in [-0.2, 0) is 4.79 Å². The maximum atomic E-state index is 12.8. The molecule has 0 unspecified atom stereocenters. The fraction of sp³-hybridized carbons (Fsp3) is 0.391. The van der Waals surface area contributed by atoms with Crippen LogP contribution in [0.4, 0.5) is 11.4 Å². The molecule has 0 saturated carbocycles. The van der Waals surface area contributed by atoms with Gasteiger partial charge in [0.05, 0.1) is 25.9 Å². The predicted molar refractivity (Wildman–Crippen MR) is 116 cm³/mol. The molecule has 7 nitrogen and oxygen atoms in total. The zero-order chi connectivity index (χ0) is 21.7. The Morgan fingerprint density at radius 2 is 1.93 bits per heavy atom. The van der Waals surface area contributed by atoms with Crippen LogP contribution in [0, 0.1) is 0 Å². The van der Waals surface area contributed by atoms with E-state index in [0.29, 0.717) is 49.7 Å². The lowest BCUT2D eigenvalue weighted by atomic mass is 10.1. The first-order valence-electron chi connectivity index (χ1n) is 9.97. The molecular weight excluding hydrogens is 384 g/mol. The van der Waals surface area contributed by atoms with E-state index in [1.54, 1.807) is 23.1 Å². The summed E-state index contributed by atoms with van der Waals surface area (Å²) in [6.07, 6.45) is 0.932. The summed E-state index contributed by atoms with van der Waals surface area (Å²) in [6.45, 7) is 2.89. The lowest BCUT2D eigenvalue weighted by Crippen LogP contribution is -2.38. The number of hydrogen-bond donors (Lipinski definition) is 0. The van der Waals surface area contributed by atoms with Crippen molar-refractivity contribution >= 4 is 23.1 Å². The summed E-state index contributed by atoms with van der Waals surface area (Å²) in [6, 6.07) is 11.0. The molecule has 1 aliphatic heterocycles. The first-order chi connectivity index (χ1) is 14.4. The van der Waals surface area contributed by atoms with Crippen molar-refractivity contribution in [2.24, 2.45) is 0 Å². The second-order valence-electron chi connectivity index (χ2n) is 7.31. The van der Waals surface area contributed by atoms with Crippen molar-refractivity contribution in [3.8, 4) is 17.2 Å². The van der Waals surface area contributed by atoms with Crippen LogP contribution < -0.4 is 24.0 Å². The number of benzene rings is 2. The molecular formula is C23H28N2O5. The number of Topliss-reactive ketones (excluding diaryl/α,β-unsaturated/α-hetero) is 1. The number of ketones is 1. The molecule has 1 amide bonds. The number of nitrogens with zero attached hydrogens (tertiary/aromatic N) is 2. The van der Waals surface area contributed by atoms with Crippen LogP contribution in [0.1, 0.15) is 30.1 Å². The fourth-order valence-electron chi connectivity index (χ4n) is 3.29. The number of hydrogen-bond acceptors (Lipinski definition) is 6. The van der Waals surface area contributed by atoms with Crippen molar-refractivity contribution in [2.45, 2.75) is 19.8 Å².